The summed E-state index contributed by atoms with van der Waals surface area (Å²) in [6, 6.07) is 0. The minimum atomic E-state index is -0.828. The van der Waals surface area contributed by atoms with E-state index in [4.69, 9.17) is 5.11 Å². The van der Waals surface area contributed by atoms with Crippen molar-refractivity contribution in [2.24, 2.45) is 5.41 Å². The van der Waals surface area contributed by atoms with E-state index in [2.05, 4.69) is 27.4 Å². The molecule has 1 N–H and O–H groups in total. The van der Waals surface area contributed by atoms with E-state index in [1.807, 2.05) is 0 Å². The Morgan fingerprint density at radius 2 is 1.40 bits per heavy atom. The SMILES string of the molecule is C=C(C(=O)O)C(CCC)(CCC)CCC. The van der Waals surface area contributed by atoms with Crippen molar-refractivity contribution in [3.8, 4) is 0 Å². The standard InChI is InChI=1S/C13H24O2/c1-5-8-13(9-6-2,10-7-3)11(4)12(14)15/h4-10H2,1-3H3,(H,14,15). The van der Waals surface area contributed by atoms with Gasteiger partial charge in [0.15, 0.2) is 0 Å². The van der Waals surface area contributed by atoms with E-state index in [1.54, 1.807) is 0 Å². The molecule has 0 aromatic heterocycles. The van der Waals surface area contributed by atoms with Crippen LogP contribution in [0.4, 0.5) is 0 Å². The molecule has 0 heterocycles. The Bertz CT molecular complexity index is 202. The largest absolute Gasteiger partial charge is 0.478 e. The molecule has 0 bridgehead atoms. The summed E-state index contributed by atoms with van der Waals surface area (Å²) in [5, 5.41) is 9.10. The highest BCUT2D eigenvalue weighted by Gasteiger charge is 2.34. The van der Waals surface area contributed by atoms with Crippen molar-refractivity contribution in [3.63, 3.8) is 0 Å². The van der Waals surface area contributed by atoms with Gasteiger partial charge in [-0.1, -0.05) is 46.6 Å². The summed E-state index contributed by atoms with van der Waals surface area (Å²) in [5.74, 6) is -0.828. The fraction of sp³-hybridized carbons (Fsp3) is 0.769. The van der Waals surface area contributed by atoms with Crippen LogP contribution in [0.3, 0.4) is 0 Å². The highest BCUT2D eigenvalue weighted by atomic mass is 16.4. The minimum absolute atomic E-state index is 0.163. The maximum Gasteiger partial charge on any atom is 0.331 e. The topological polar surface area (TPSA) is 37.3 Å². The second-order valence-electron chi connectivity index (χ2n) is 4.31. The predicted molar refractivity (Wildman–Crippen MR) is 63.9 cm³/mol. The molecule has 0 radical (unpaired) electrons. The van der Waals surface area contributed by atoms with Gasteiger partial charge in [0.05, 0.1) is 0 Å². The summed E-state index contributed by atoms with van der Waals surface area (Å²) >= 11 is 0. The number of rotatable bonds is 8. The number of hydrogen-bond donors (Lipinski definition) is 1. The third kappa shape index (κ3) is 3.69. The zero-order valence-corrected chi connectivity index (χ0v) is 10.3. The van der Waals surface area contributed by atoms with Gasteiger partial charge in [0.2, 0.25) is 0 Å². The van der Waals surface area contributed by atoms with Crippen molar-refractivity contribution in [2.75, 3.05) is 0 Å². The number of aliphatic carboxylic acids is 1. The van der Waals surface area contributed by atoms with Gasteiger partial charge >= 0.3 is 5.97 Å². The molecule has 15 heavy (non-hydrogen) atoms. The lowest BCUT2D eigenvalue weighted by molar-refractivity contribution is -0.134. The molecule has 2 heteroatoms. The van der Waals surface area contributed by atoms with Crippen molar-refractivity contribution in [1.29, 1.82) is 0 Å². The molecule has 0 fully saturated rings. The first kappa shape index (κ1) is 14.2. The lowest BCUT2D eigenvalue weighted by atomic mass is 9.70. The molecule has 0 aromatic carbocycles. The van der Waals surface area contributed by atoms with Crippen molar-refractivity contribution in [1.82, 2.24) is 0 Å². The van der Waals surface area contributed by atoms with Crippen LogP contribution in [0.5, 0.6) is 0 Å². The van der Waals surface area contributed by atoms with Gasteiger partial charge in [-0.05, 0) is 19.3 Å². The van der Waals surface area contributed by atoms with Crippen LogP contribution in [-0.4, -0.2) is 11.1 Å². The molecule has 0 saturated heterocycles. The molecule has 0 aliphatic rings. The molecule has 0 amide bonds. The summed E-state index contributed by atoms with van der Waals surface area (Å²) in [5.41, 5.74) is 0.248. The normalized spacial score (nSPS) is 11.4. The predicted octanol–water partition coefficient (Wildman–Crippen LogP) is 4.01. The first-order valence-corrected chi connectivity index (χ1v) is 5.96. The van der Waals surface area contributed by atoms with E-state index in [1.165, 1.54) is 0 Å². The summed E-state index contributed by atoms with van der Waals surface area (Å²) < 4.78 is 0. The summed E-state index contributed by atoms with van der Waals surface area (Å²) in [6.45, 7) is 10.1. The monoisotopic (exact) mass is 212 g/mol. The van der Waals surface area contributed by atoms with Gasteiger partial charge in [0.25, 0.3) is 0 Å². The van der Waals surface area contributed by atoms with Gasteiger partial charge in [-0.25, -0.2) is 4.79 Å². The van der Waals surface area contributed by atoms with Gasteiger partial charge in [-0.15, -0.1) is 0 Å². The van der Waals surface area contributed by atoms with E-state index < -0.39 is 5.97 Å². The fourth-order valence-electron chi connectivity index (χ4n) is 2.49. The molecule has 88 valence electrons. The van der Waals surface area contributed by atoms with Gasteiger partial charge in [0, 0.05) is 11.0 Å². The second-order valence-corrected chi connectivity index (χ2v) is 4.31. The Morgan fingerprint density at radius 1 is 1.07 bits per heavy atom. The van der Waals surface area contributed by atoms with Crippen LogP contribution < -0.4 is 0 Å². The molecule has 0 spiro atoms. The number of carboxylic acid groups (broad SMARTS) is 1. The van der Waals surface area contributed by atoms with E-state index >= 15 is 0 Å². The van der Waals surface area contributed by atoms with Crippen molar-refractivity contribution < 1.29 is 9.90 Å². The number of hydrogen-bond acceptors (Lipinski definition) is 1. The first-order valence-electron chi connectivity index (χ1n) is 5.96. The molecule has 0 aliphatic heterocycles. The number of carboxylic acids is 1. The third-order valence-corrected chi connectivity index (χ3v) is 3.08. The van der Waals surface area contributed by atoms with Crippen LogP contribution in [0.25, 0.3) is 0 Å². The summed E-state index contributed by atoms with van der Waals surface area (Å²) in [7, 11) is 0. The molecule has 2 nitrogen and oxygen atoms in total. The first-order chi connectivity index (χ1) is 7.04. The van der Waals surface area contributed by atoms with Crippen LogP contribution in [0.2, 0.25) is 0 Å². The average molecular weight is 212 g/mol. The molecular formula is C13H24O2. The smallest absolute Gasteiger partial charge is 0.331 e. The van der Waals surface area contributed by atoms with E-state index in [9.17, 15) is 4.79 Å². The Labute approximate surface area is 93.4 Å². The lowest BCUT2D eigenvalue weighted by Crippen LogP contribution is -2.27. The van der Waals surface area contributed by atoms with Crippen molar-refractivity contribution in [3.05, 3.63) is 12.2 Å². The zero-order valence-electron chi connectivity index (χ0n) is 10.3. The molecule has 0 saturated carbocycles. The highest BCUT2D eigenvalue weighted by molar-refractivity contribution is 5.87. The van der Waals surface area contributed by atoms with Crippen LogP contribution in [-0.2, 0) is 4.79 Å². The Balaban J connectivity index is 4.90. The fourth-order valence-corrected chi connectivity index (χ4v) is 2.49. The van der Waals surface area contributed by atoms with Crippen LogP contribution in [0.1, 0.15) is 59.3 Å². The highest BCUT2D eigenvalue weighted by Crippen LogP contribution is 2.41. The summed E-state index contributed by atoms with van der Waals surface area (Å²) in [6.07, 6.45) is 5.89. The van der Waals surface area contributed by atoms with E-state index in [0.29, 0.717) is 5.57 Å². The number of carbonyl (C=O) groups is 1. The Morgan fingerprint density at radius 3 is 1.60 bits per heavy atom. The third-order valence-electron chi connectivity index (χ3n) is 3.08. The summed E-state index contributed by atoms with van der Waals surface area (Å²) in [4.78, 5) is 11.1. The van der Waals surface area contributed by atoms with Crippen LogP contribution >= 0.6 is 0 Å². The Kier molecular flexibility index (Phi) is 6.30. The van der Waals surface area contributed by atoms with Crippen LogP contribution in [0, 0.1) is 5.41 Å². The molecular weight excluding hydrogens is 188 g/mol. The molecule has 0 atom stereocenters. The van der Waals surface area contributed by atoms with Gasteiger partial charge in [0.1, 0.15) is 0 Å². The van der Waals surface area contributed by atoms with Gasteiger partial charge < -0.3 is 5.11 Å². The molecule has 0 aliphatic carbocycles. The van der Waals surface area contributed by atoms with Crippen molar-refractivity contribution >= 4 is 5.97 Å². The minimum Gasteiger partial charge on any atom is -0.478 e. The Hall–Kier alpha value is -0.790. The van der Waals surface area contributed by atoms with Gasteiger partial charge in [-0.2, -0.15) is 0 Å². The molecule has 0 aromatic rings. The van der Waals surface area contributed by atoms with E-state index in [0.717, 1.165) is 38.5 Å². The maximum absolute atomic E-state index is 11.1. The van der Waals surface area contributed by atoms with Crippen molar-refractivity contribution in [2.45, 2.75) is 59.3 Å². The van der Waals surface area contributed by atoms with E-state index in [-0.39, 0.29) is 5.41 Å². The molecule has 0 rings (SSSR count). The zero-order chi connectivity index (χ0) is 11.9. The van der Waals surface area contributed by atoms with Gasteiger partial charge in [-0.3, -0.25) is 0 Å². The van der Waals surface area contributed by atoms with Crippen LogP contribution in [0.15, 0.2) is 12.2 Å². The average Bonchev–Trinajstić information content (AvgIpc) is 2.17. The second kappa shape index (κ2) is 6.65. The molecule has 0 unspecified atom stereocenters. The quantitative estimate of drug-likeness (QED) is 0.617. The maximum atomic E-state index is 11.1. The lowest BCUT2D eigenvalue weighted by Gasteiger charge is -2.33.